The molecule has 0 aromatic heterocycles. The van der Waals surface area contributed by atoms with Crippen LogP contribution in [0.25, 0.3) is 0 Å². The molecule has 0 fully saturated rings. The predicted octanol–water partition coefficient (Wildman–Crippen LogP) is 2.71. The molecule has 0 aliphatic heterocycles. The number of aliphatic hydroxyl groups is 2. The quantitative estimate of drug-likeness (QED) is 0.879. The summed E-state index contributed by atoms with van der Waals surface area (Å²) in [5.41, 5.74) is 1.96. The number of hydrogen-bond donors (Lipinski definition) is 2. The summed E-state index contributed by atoms with van der Waals surface area (Å²) in [4.78, 5) is 2.09. The fraction of sp³-hybridized carbons (Fsp3) is 0.538. The molecule has 1 rings (SSSR count). The van der Waals surface area contributed by atoms with Crippen molar-refractivity contribution in [2.24, 2.45) is 0 Å². The summed E-state index contributed by atoms with van der Waals surface area (Å²) in [7, 11) is 1.99. The molecule has 0 heterocycles. The Morgan fingerprint density at radius 3 is 2.41 bits per heavy atom. The Balaban J connectivity index is 2.75. The number of rotatable bonds is 5. The Labute approximate surface area is 111 Å². The van der Waals surface area contributed by atoms with Crippen molar-refractivity contribution in [1.29, 1.82) is 0 Å². The summed E-state index contributed by atoms with van der Waals surface area (Å²) in [5, 5.41) is 18.8. The van der Waals surface area contributed by atoms with Crippen molar-refractivity contribution in [2.75, 3.05) is 18.5 Å². The lowest BCUT2D eigenvalue weighted by molar-refractivity contribution is 0.187. The maximum absolute atomic E-state index is 9.53. The van der Waals surface area contributed by atoms with E-state index in [4.69, 9.17) is 0 Å². The highest BCUT2D eigenvalue weighted by molar-refractivity contribution is 9.10. The number of hydrogen-bond acceptors (Lipinski definition) is 3. The topological polar surface area (TPSA) is 43.7 Å². The molecule has 1 aromatic carbocycles. The Morgan fingerprint density at radius 2 is 1.94 bits per heavy atom. The molecule has 1 unspecified atom stereocenters. The average Bonchev–Trinajstić information content (AvgIpc) is 2.25. The third-order valence-corrected chi connectivity index (χ3v) is 3.44. The maximum Gasteiger partial charge on any atom is 0.0772 e. The van der Waals surface area contributed by atoms with Crippen LogP contribution in [0.3, 0.4) is 0 Å². The number of aliphatic hydroxyl groups excluding tert-OH is 2. The van der Waals surface area contributed by atoms with Crippen LogP contribution in [-0.2, 0) is 0 Å². The third kappa shape index (κ3) is 4.30. The molecule has 1 aromatic rings. The van der Waals surface area contributed by atoms with E-state index in [-0.39, 0.29) is 6.10 Å². The first-order valence-corrected chi connectivity index (χ1v) is 6.58. The van der Waals surface area contributed by atoms with Gasteiger partial charge < -0.3 is 15.1 Å². The monoisotopic (exact) mass is 301 g/mol. The Hall–Kier alpha value is -0.580. The predicted molar refractivity (Wildman–Crippen MR) is 74.3 cm³/mol. The molecular formula is C13H20BrNO2. The van der Waals surface area contributed by atoms with Gasteiger partial charge in [0.25, 0.3) is 0 Å². The summed E-state index contributed by atoms with van der Waals surface area (Å²) in [5.74, 6) is 0. The molecule has 2 atom stereocenters. The number of anilines is 1. The number of benzene rings is 1. The van der Waals surface area contributed by atoms with Crippen LogP contribution in [-0.4, -0.2) is 29.9 Å². The highest BCUT2D eigenvalue weighted by Gasteiger charge is 2.09. The van der Waals surface area contributed by atoms with Gasteiger partial charge in [0.2, 0.25) is 0 Å². The standard InChI is InChI=1S/C13H20BrNO2/c1-9(16)6-7-15(3)11-4-5-12(10(2)17)13(14)8-11/h4-5,8-10,16-17H,6-7H2,1-3H3/t9?,10-/m0/s1. The molecule has 4 heteroatoms. The number of nitrogens with zero attached hydrogens (tertiary/aromatic N) is 1. The van der Waals surface area contributed by atoms with Crippen molar-refractivity contribution in [3.63, 3.8) is 0 Å². The van der Waals surface area contributed by atoms with Crippen molar-refractivity contribution in [1.82, 2.24) is 0 Å². The van der Waals surface area contributed by atoms with Gasteiger partial charge in [-0.2, -0.15) is 0 Å². The SMILES string of the molecule is CC(O)CCN(C)c1ccc([C@H](C)O)c(Br)c1. The second-order valence-electron chi connectivity index (χ2n) is 4.44. The summed E-state index contributed by atoms with van der Waals surface area (Å²) in [6.45, 7) is 4.34. The molecule has 0 aliphatic carbocycles. The van der Waals surface area contributed by atoms with E-state index in [9.17, 15) is 10.2 Å². The fourth-order valence-electron chi connectivity index (χ4n) is 1.60. The summed E-state index contributed by atoms with van der Waals surface area (Å²) < 4.78 is 0.911. The molecule has 0 aliphatic rings. The molecule has 0 saturated heterocycles. The average molecular weight is 302 g/mol. The van der Waals surface area contributed by atoms with Crippen molar-refractivity contribution in [3.05, 3.63) is 28.2 Å². The van der Waals surface area contributed by atoms with Crippen LogP contribution in [0.1, 0.15) is 31.9 Å². The lowest BCUT2D eigenvalue weighted by Gasteiger charge is -2.21. The second-order valence-corrected chi connectivity index (χ2v) is 5.30. The van der Waals surface area contributed by atoms with E-state index in [1.54, 1.807) is 13.8 Å². The van der Waals surface area contributed by atoms with Crippen LogP contribution >= 0.6 is 15.9 Å². The zero-order valence-corrected chi connectivity index (χ0v) is 12.1. The molecule has 2 N–H and O–H groups in total. The van der Waals surface area contributed by atoms with Gasteiger partial charge in [-0.25, -0.2) is 0 Å². The Kier molecular flexibility index (Phi) is 5.43. The summed E-state index contributed by atoms with van der Waals surface area (Å²) >= 11 is 3.46. The van der Waals surface area contributed by atoms with Gasteiger partial charge >= 0.3 is 0 Å². The first-order chi connectivity index (χ1) is 7.91. The van der Waals surface area contributed by atoms with Gasteiger partial charge in [-0.15, -0.1) is 0 Å². The van der Waals surface area contributed by atoms with Gasteiger partial charge in [-0.1, -0.05) is 22.0 Å². The zero-order chi connectivity index (χ0) is 13.0. The molecule has 0 bridgehead atoms. The molecule has 3 nitrogen and oxygen atoms in total. The number of halogens is 1. The molecule has 96 valence electrons. The minimum absolute atomic E-state index is 0.280. The van der Waals surface area contributed by atoms with Crippen LogP contribution in [0.2, 0.25) is 0 Å². The second kappa shape index (κ2) is 6.38. The smallest absolute Gasteiger partial charge is 0.0772 e. The van der Waals surface area contributed by atoms with Crippen LogP contribution in [0, 0.1) is 0 Å². The molecule has 0 amide bonds. The lowest BCUT2D eigenvalue weighted by atomic mass is 10.1. The van der Waals surface area contributed by atoms with Crippen LogP contribution in [0.15, 0.2) is 22.7 Å². The minimum Gasteiger partial charge on any atom is -0.393 e. The lowest BCUT2D eigenvalue weighted by Crippen LogP contribution is -2.21. The zero-order valence-electron chi connectivity index (χ0n) is 10.5. The van der Waals surface area contributed by atoms with E-state index in [0.717, 1.165) is 28.7 Å². The van der Waals surface area contributed by atoms with E-state index >= 15 is 0 Å². The van der Waals surface area contributed by atoms with E-state index in [2.05, 4.69) is 20.8 Å². The minimum atomic E-state index is -0.471. The maximum atomic E-state index is 9.53. The van der Waals surface area contributed by atoms with Crippen LogP contribution < -0.4 is 4.90 Å². The first kappa shape index (κ1) is 14.5. The summed E-state index contributed by atoms with van der Waals surface area (Å²) in [6, 6.07) is 5.89. The van der Waals surface area contributed by atoms with Gasteiger partial charge in [0.05, 0.1) is 12.2 Å². The van der Waals surface area contributed by atoms with Gasteiger partial charge in [0.1, 0.15) is 0 Å². The molecule has 0 spiro atoms. The van der Waals surface area contributed by atoms with E-state index in [1.165, 1.54) is 0 Å². The van der Waals surface area contributed by atoms with Crippen molar-refractivity contribution >= 4 is 21.6 Å². The van der Waals surface area contributed by atoms with Gasteiger partial charge in [-0.3, -0.25) is 0 Å². The largest absolute Gasteiger partial charge is 0.393 e. The highest BCUT2D eigenvalue weighted by atomic mass is 79.9. The van der Waals surface area contributed by atoms with Crippen LogP contribution in [0.5, 0.6) is 0 Å². The van der Waals surface area contributed by atoms with E-state index < -0.39 is 6.10 Å². The van der Waals surface area contributed by atoms with Crippen molar-refractivity contribution < 1.29 is 10.2 Å². The van der Waals surface area contributed by atoms with Crippen molar-refractivity contribution in [3.8, 4) is 0 Å². The van der Waals surface area contributed by atoms with Gasteiger partial charge in [-0.05, 0) is 38.0 Å². The first-order valence-electron chi connectivity index (χ1n) is 5.78. The Bertz CT molecular complexity index is 366. The fourth-order valence-corrected chi connectivity index (χ4v) is 2.30. The normalized spacial score (nSPS) is 14.5. The van der Waals surface area contributed by atoms with Gasteiger partial charge in [0.15, 0.2) is 0 Å². The van der Waals surface area contributed by atoms with E-state index in [0.29, 0.717) is 0 Å². The molecule has 17 heavy (non-hydrogen) atoms. The van der Waals surface area contributed by atoms with Crippen LogP contribution in [0.4, 0.5) is 5.69 Å². The molecule has 0 radical (unpaired) electrons. The molecular weight excluding hydrogens is 282 g/mol. The molecule has 0 saturated carbocycles. The van der Waals surface area contributed by atoms with Crippen molar-refractivity contribution in [2.45, 2.75) is 32.5 Å². The highest BCUT2D eigenvalue weighted by Crippen LogP contribution is 2.27. The third-order valence-electron chi connectivity index (χ3n) is 2.76. The summed E-state index contributed by atoms with van der Waals surface area (Å²) in [6.07, 6.45) is -0.00876. The van der Waals surface area contributed by atoms with E-state index in [1.807, 2.05) is 25.2 Å². The Morgan fingerprint density at radius 1 is 1.29 bits per heavy atom. The van der Waals surface area contributed by atoms with Gasteiger partial charge in [0, 0.05) is 23.8 Å².